The quantitative estimate of drug-likeness (QED) is 0.416. The molecule has 3 unspecified atom stereocenters. The molecule has 0 spiro atoms. The average Bonchev–Trinajstić information content (AvgIpc) is 3.48. The standard InChI is InChI=1S/C23H21F5N6O/c24-16-7-18(26)17(25)6-14(16)15-10-34(11-19(15)29)22-30-8-13(9-31-22)35-21-5-12(1-3-23(21,27)28)20-2-4-32-33-20/h2,4-9,15,19,21H,1,3,10-11,29H2,(H,32,33). The van der Waals surface area contributed by atoms with Crippen LogP contribution < -0.4 is 15.4 Å². The summed E-state index contributed by atoms with van der Waals surface area (Å²) < 4.78 is 75.7. The number of allylic oxidation sites excluding steroid dienone is 1. The zero-order valence-electron chi connectivity index (χ0n) is 18.3. The summed E-state index contributed by atoms with van der Waals surface area (Å²) in [5.41, 5.74) is 7.34. The molecule has 3 aromatic rings. The number of aromatic amines is 1. The Morgan fingerprint density at radius 1 is 1.06 bits per heavy atom. The summed E-state index contributed by atoms with van der Waals surface area (Å²) in [5, 5.41) is 6.70. The number of hydrogen-bond donors (Lipinski definition) is 2. The Morgan fingerprint density at radius 3 is 2.51 bits per heavy atom. The molecule has 3 heterocycles. The van der Waals surface area contributed by atoms with Gasteiger partial charge >= 0.3 is 0 Å². The van der Waals surface area contributed by atoms with Gasteiger partial charge in [-0.3, -0.25) is 5.10 Å². The van der Waals surface area contributed by atoms with Crippen molar-refractivity contribution in [1.29, 1.82) is 0 Å². The number of H-pyrrole nitrogens is 1. The first kappa shape index (κ1) is 23.2. The van der Waals surface area contributed by atoms with E-state index >= 15 is 0 Å². The second kappa shape index (κ2) is 8.91. The van der Waals surface area contributed by atoms with Crippen molar-refractivity contribution in [3.8, 4) is 5.75 Å². The highest BCUT2D eigenvalue weighted by Crippen LogP contribution is 2.38. The Hall–Kier alpha value is -3.54. The summed E-state index contributed by atoms with van der Waals surface area (Å²) in [6, 6.07) is 2.42. The number of nitrogens with two attached hydrogens (primary N) is 1. The normalized spacial score (nSPS) is 23.9. The predicted octanol–water partition coefficient (Wildman–Crippen LogP) is 3.81. The molecule has 0 amide bonds. The van der Waals surface area contributed by atoms with E-state index in [2.05, 4.69) is 20.2 Å². The molecule has 0 bridgehead atoms. The second-order valence-corrected chi connectivity index (χ2v) is 8.63. The van der Waals surface area contributed by atoms with Crippen molar-refractivity contribution in [1.82, 2.24) is 20.2 Å². The molecular weight excluding hydrogens is 471 g/mol. The maximum Gasteiger partial charge on any atom is 0.288 e. The predicted molar refractivity (Wildman–Crippen MR) is 116 cm³/mol. The summed E-state index contributed by atoms with van der Waals surface area (Å²) in [7, 11) is 0. The van der Waals surface area contributed by atoms with E-state index in [0.717, 1.165) is 6.07 Å². The van der Waals surface area contributed by atoms with Crippen molar-refractivity contribution in [3.05, 3.63) is 71.6 Å². The van der Waals surface area contributed by atoms with Crippen molar-refractivity contribution in [2.75, 3.05) is 18.0 Å². The van der Waals surface area contributed by atoms with Crippen LogP contribution in [-0.4, -0.2) is 51.3 Å². The van der Waals surface area contributed by atoms with Gasteiger partial charge in [-0.05, 0) is 35.8 Å². The van der Waals surface area contributed by atoms with Crippen molar-refractivity contribution in [2.45, 2.75) is 36.8 Å². The van der Waals surface area contributed by atoms with Crippen LogP contribution >= 0.6 is 0 Å². The molecule has 5 rings (SSSR count). The van der Waals surface area contributed by atoms with Crippen LogP contribution in [0.1, 0.15) is 30.0 Å². The number of rotatable bonds is 5. The van der Waals surface area contributed by atoms with Gasteiger partial charge in [0.2, 0.25) is 5.95 Å². The van der Waals surface area contributed by atoms with Gasteiger partial charge in [0.1, 0.15) is 5.82 Å². The van der Waals surface area contributed by atoms with Crippen molar-refractivity contribution in [3.63, 3.8) is 0 Å². The molecule has 35 heavy (non-hydrogen) atoms. The smallest absolute Gasteiger partial charge is 0.288 e. The fourth-order valence-corrected chi connectivity index (χ4v) is 4.43. The average molecular weight is 492 g/mol. The summed E-state index contributed by atoms with van der Waals surface area (Å²) in [6.45, 7) is 0.402. The highest BCUT2D eigenvalue weighted by Gasteiger charge is 2.43. The van der Waals surface area contributed by atoms with Crippen molar-refractivity contribution in [2.24, 2.45) is 5.73 Å². The van der Waals surface area contributed by atoms with E-state index in [1.165, 1.54) is 18.5 Å². The number of aromatic nitrogens is 4. The minimum atomic E-state index is -3.08. The molecule has 7 nitrogen and oxygen atoms in total. The van der Waals surface area contributed by atoms with E-state index < -0.39 is 41.4 Å². The van der Waals surface area contributed by atoms with Gasteiger partial charge in [-0.2, -0.15) is 5.10 Å². The molecule has 0 saturated carbocycles. The lowest BCUT2D eigenvalue weighted by atomic mass is 9.92. The molecule has 0 radical (unpaired) electrons. The van der Waals surface area contributed by atoms with E-state index in [-0.39, 0.29) is 43.2 Å². The zero-order valence-corrected chi connectivity index (χ0v) is 18.3. The van der Waals surface area contributed by atoms with Gasteiger partial charge in [0.15, 0.2) is 23.5 Å². The van der Waals surface area contributed by atoms with E-state index in [1.807, 2.05) is 0 Å². The first-order valence-corrected chi connectivity index (χ1v) is 10.9. The summed E-state index contributed by atoms with van der Waals surface area (Å²) >= 11 is 0. The van der Waals surface area contributed by atoms with Gasteiger partial charge < -0.3 is 15.4 Å². The lowest BCUT2D eigenvalue weighted by Gasteiger charge is -2.30. The Balaban J connectivity index is 1.30. The first-order chi connectivity index (χ1) is 16.7. The van der Waals surface area contributed by atoms with Crippen LogP contribution in [0.25, 0.3) is 5.57 Å². The molecule has 184 valence electrons. The van der Waals surface area contributed by atoms with Crippen LogP contribution in [0.2, 0.25) is 0 Å². The molecule has 1 aliphatic heterocycles. The topological polar surface area (TPSA) is 92.9 Å². The number of nitrogens with zero attached hydrogens (tertiary/aromatic N) is 4. The van der Waals surface area contributed by atoms with E-state index in [9.17, 15) is 22.0 Å². The molecule has 1 aromatic carbocycles. The number of nitrogens with one attached hydrogen (secondary N) is 1. The fraction of sp³-hybridized carbons (Fsp3) is 0.348. The highest BCUT2D eigenvalue weighted by atomic mass is 19.3. The number of anilines is 1. The lowest BCUT2D eigenvalue weighted by Crippen LogP contribution is -2.39. The molecule has 2 aliphatic rings. The maximum absolute atomic E-state index is 14.5. The monoisotopic (exact) mass is 492 g/mol. The SMILES string of the molecule is NC1CN(c2ncc(OC3C=C(c4cc[nH]n4)CCC3(F)F)cn2)CC1c1cc(F)c(F)cc1F. The third kappa shape index (κ3) is 4.57. The molecule has 1 fully saturated rings. The van der Waals surface area contributed by atoms with Gasteiger partial charge in [-0.15, -0.1) is 0 Å². The van der Waals surface area contributed by atoms with Crippen LogP contribution in [-0.2, 0) is 0 Å². The van der Waals surface area contributed by atoms with Gasteiger partial charge in [0.05, 0.1) is 18.1 Å². The van der Waals surface area contributed by atoms with Crippen LogP contribution in [0.4, 0.5) is 27.9 Å². The number of hydrogen-bond acceptors (Lipinski definition) is 6. The first-order valence-electron chi connectivity index (χ1n) is 10.9. The number of halogens is 5. The molecule has 2 aromatic heterocycles. The second-order valence-electron chi connectivity index (χ2n) is 8.63. The zero-order chi connectivity index (χ0) is 24.7. The molecule has 3 atom stereocenters. The largest absolute Gasteiger partial charge is 0.477 e. The van der Waals surface area contributed by atoms with E-state index in [4.69, 9.17) is 10.5 Å². The van der Waals surface area contributed by atoms with Crippen LogP contribution in [0.3, 0.4) is 0 Å². The summed E-state index contributed by atoms with van der Waals surface area (Å²) in [4.78, 5) is 10.0. The van der Waals surface area contributed by atoms with E-state index in [0.29, 0.717) is 17.3 Å². The molecular formula is C23H21F5N6O. The third-order valence-electron chi connectivity index (χ3n) is 6.29. The Bertz CT molecular complexity index is 1230. The van der Waals surface area contributed by atoms with Crippen LogP contribution in [0.15, 0.2) is 42.9 Å². The number of benzene rings is 1. The van der Waals surface area contributed by atoms with Crippen molar-refractivity contribution >= 4 is 11.5 Å². The van der Waals surface area contributed by atoms with Crippen LogP contribution in [0.5, 0.6) is 5.75 Å². The number of alkyl halides is 2. The lowest BCUT2D eigenvalue weighted by molar-refractivity contribution is -0.0837. The minimum absolute atomic E-state index is 0.0297. The fourth-order valence-electron chi connectivity index (χ4n) is 4.43. The molecule has 12 heteroatoms. The van der Waals surface area contributed by atoms with Crippen LogP contribution in [0, 0.1) is 17.5 Å². The Labute approximate surface area is 196 Å². The molecule has 1 aliphatic carbocycles. The Kier molecular flexibility index (Phi) is 5.91. The maximum atomic E-state index is 14.5. The summed E-state index contributed by atoms with van der Waals surface area (Å²) in [5.74, 6) is -6.74. The van der Waals surface area contributed by atoms with E-state index in [1.54, 1.807) is 17.2 Å². The third-order valence-corrected chi connectivity index (χ3v) is 6.29. The van der Waals surface area contributed by atoms with Gasteiger partial charge in [-0.25, -0.2) is 31.9 Å². The Morgan fingerprint density at radius 2 is 1.80 bits per heavy atom. The molecule has 1 saturated heterocycles. The van der Waals surface area contributed by atoms with Gasteiger partial charge in [-0.1, -0.05) is 0 Å². The number of ether oxygens (including phenoxy) is 1. The minimum Gasteiger partial charge on any atom is -0.477 e. The van der Waals surface area contributed by atoms with Crippen molar-refractivity contribution < 1.29 is 26.7 Å². The van der Waals surface area contributed by atoms with Gasteiger partial charge in [0.25, 0.3) is 5.92 Å². The summed E-state index contributed by atoms with van der Waals surface area (Å²) in [6.07, 6.45) is 3.77. The van der Waals surface area contributed by atoms with Gasteiger partial charge in [0, 0.05) is 43.7 Å². The highest BCUT2D eigenvalue weighted by molar-refractivity contribution is 5.64. The molecule has 3 N–H and O–H groups in total.